The lowest BCUT2D eigenvalue weighted by Crippen LogP contribution is -2.38. The third kappa shape index (κ3) is 5.00. The highest BCUT2D eigenvalue weighted by Crippen LogP contribution is 2.13. The Hall–Kier alpha value is -1.58. The lowest BCUT2D eigenvalue weighted by Gasteiger charge is -2.21. The quantitative estimate of drug-likeness (QED) is 0.452. The molecule has 22 heavy (non-hydrogen) atoms. The fourth-order valence-electron chi connectivity index (χ4n) is 1.91. The van der Waals surface area contributed by atoms with Gasteiger partial charge in [-0.15, -0.1) is 24.0 Å². The van der Waals surface area contributed by atoms with Crippen LogP contribution in [0, 0.1) is 0 Å². The maximum Gasteiger partial charge on any atom is 0.191 e. The third-order valence-corrected chi connectivity index (χ3v) is 2.90. The van der Waals surface area contributed by atoms with E-state index < -0.39 is 0 Å². The summed E-state index contributed by atoms with van der Waals surface area (Å²) in [5, 5.41) is 10.7. The van der Waals surface area contributed by atoms with Gasteiger partial charge in [0.15, 0.2) is 5.96 Å². The summed E-state index contributed by atoms with van der Waals surface area (Å²) < 4.78 is 7.17. The summed E-state index contributed by atoms with van der Waals surface area (Å²) in [6.45, 7) is 7.41. The van der Waals surface area contributed by atoms with E-state index >= 15 is 0 Å². The van der Waals surface area contributed by atoms with Gasteiger partial charge in [-0.1, -0.05) is 0 Å². The van der Waals surface area contributed by atoms with Crippen molar-refractivity contribution in [3.8, 4) is 0 Å². The Labute approximate surface area is 147 Å². The highest BCUT2D eigenvalue weighted by atomic mass is 127. The molecule has 2 aromatic rings. The van der Waals surface area contributed by atoms with Gasteiger partial charge < -0.3 is 15.1 Å². The topological polar surface area (TPSA) is 80.3 Å². The Bertz CT molecular complexity index is 585. The van der Waals surface area contributed by atoms with Crippen molar-refractivity contribution in [2.75, 3.05) is 7.05 Å². The molecule has 0 unspecified atom stereocenters. The molecule has 2 heterocycles. The van der Waals surface area contributed by atoms with E-state index in [-0.39, 0.29) is 29.5 Å². The van der Waals surface area contributed by atoms with Gasteiger partial charge in [0.2, 0.25) is 0 Å². The molecular weight excluding hydrogens is 395 g/mol. The fourth-order valence-corrected chi connectivity index (χ4v) is 1.91. The Balaban J connectivity index is 0.00000242. The molecule has 0 saturated heterocycles. The molecule has 2 rings (SSSR count). The first-order valence-electron chi connectivity index (χ1n) is 6.87. The van der Waals surface area contributed by atoms with Crippen LogP contribution in [0.25, 0.3) is 0 Å². The Morgan fingerprint density at radius 3 is 2.64 bits per heavy atom. The minimum atomic E-state index is -0.0986. The average molecular weight is 418 g/mol. The Morgan fingerprint density at radius 2 is 2.05 bits per heavy atom. The first kappa shape index (κ1) is 18.5. The van der Waals surface area contributed by atoms with Gasteiger partial charge in [0.1, 0.15) is 17.9 Å². The maximum atomic E-state index is 5.27. The van der Waals surface area contributed by atoms with Crippen molar-refractivity contribution < 1.29 is 4.42 Å². The van der Waals surface area contributed by atoms with Gasteiger partial charge in [-0.3, -0.25) is 4.99 Å². The second-order valence-corrected chi connectivity index (χ2v) is 5.62. The molecule has 0 spiro atoms. The van der Waals surface area contributed by atoms with E-state index in [2.05, 4.69) is 46.5 Å². The summed E-state index contributed by atoms with van der Waals surface area (Å²) in [6, 6.07) is 3.77. The van der Waals surface area contributed by atoms with Crippen molar-refractivity contribution in [2.24, 2.45) is 4.99 Å². The molecule has 0 aliphatic heterocycles. The van der Waals surface area contributed by atoms with Gasteiger partial charge in [0.05, 0.1) is 24.9 Å². The lowest BCUT2D eigenvalue weighted by atomic mass is 10.1. The minimum Gasteiger partial charge on any atom is -0.467 e. The van der Waals surface area contributed by atoms with Crippen LogP contribution < -0.4 is 10.6 Å². The van der Waals surface area contributed by atoms with Gasteiger partial charge in [0.25, 0.3) is 0 Å². The van der Waals surface area contributed by atoms with Crippen LogP contribution in [0.5, 0.6) is 0 Å². The Morgan fingerprint density at radius 1 is 1.32 bits per heavy atom. The summed E-state index contributed by atoms with van der Waals surface area (Å²) in [5.74, 6) is 2.41. The number of furan rings is 1. The molecule has 2 aromatic heterocycles. The van der Waals surface area contributed by atoms with E-state index in [4.69, 9.17) is 4.42 Å². The van der Waals surface area contributed by atoms with Crippen LogP contribution >= 0.6 is 24.0 Å². The molecule has 0 aromatic carbocycles. The number of nitrogens with one attached hydrogen (secondary N) is 2. The van der Waals surface area contributed by atoms with Gasteiger partial charge in [-0.25, -0.2) is 9.67 Å². The second kappa shape index (κ2) is 8.16. The average Bonchev–Trinajstić information content (AvgIpc) is 3.09. The number of aromatic nitrogens is 3. The zero-order chi connectivity index (χ0) is 15.3. The molecule has 2 N–H and O–H groups in total. The summed E-state index contributed by atoms with van der Waals surface area (Å²) in [4.78, 5) is 8.46. The maximum absolute atomic E-state index is 5.27. The highest BCUT2D eigenvalue weighted by molar-refractivity contribution is 14.0. The third-order valence-electron chi connectivity index (χ3n) is 2.90. The Kier molecular flexibility index (Phi) is 6.85. The summed E-state index contributed by atoms with van der Waals surface area (Å²) >= 11 is 0. The predicted molar refractivity (Wildman–Crippen MR) is 96.2 cm³/mol. The molecular formula is C14H23IN6O. The molecule has 0 amide bonds. The van der Waals surface area contributed by atoms with Crippen LogP contribution in [-0.4, -0.2) is 27.8 Å². The van der Waals surface area contributed by atoms with Crippen LogP contribution in [-0.2, 0) is 18.6 Å². The zero-order valence-electron chi connectivity index (χ0n) is 13.3. The molecule has 0 aliphatic carbocycles. The molecule has 0 radical (unpaired) electrons. The van der Waals surface area contributed by atoms with Crippen LogP contribution in [0.15, 0.2) is 34.1 Å². The van der Waals surface area contributed by atoms with Gasteiger partial charge in [-0.2, -0.15) is 5.10 Å². The molecule has 122 valence electrons. The van der Waals surface area contributed by atoms with Crippen molar-refractivity contribution in [1.29, 1.82) is 0 Å². The van der Waals surface area contributed by atoms with Crippen molar-refractivity contribution in [3.05, 3.63) is 36.3 Å². The van der Waals surface area contributed by atoms with Gasteiger partial charge >= 0.3 is 0 Å². The number of guanidine groups is 1. The number of hydrogen-bond acceptors (Lipinski definition) is 4. The molecule has 0 fully saturated rings. The molecule has 0 saturated carbocycles. The van der Waals surface area contributed by atoms with Crippen LogP contribution in [0.1, 0.15) is 32.4 Å². The monoisotopic (exact) mass is 418 g/mol. The standard InChI is InChI=1S/C14H22N6O.HI/c1-14(2,3)20-12(18-10-19-20)9-17-13(15-4)16-8-11-6-5-7-21-11;/h5-7,10H,8-9H2,1-4H3,(H2,15,16,17);1H. The number of halogens is 1. The predicted octanol–water partition coefficient (Wildman–Crippen LogP) is 2.11. The number of hydrogen-bond donors (Lipinski definition) is 2. The van der Waals surface area contributed by atoms with Gasteiger partial charge in [0, 0.05) is 7.05 Å². The van der Waals surface area contributed by atoms with Crippen LogP contribution in [0.4, 0.5) is 0 Å². The van der Waals surface area contributed by atoms with E-state index in [0.717, 1.165) is 11.6 Å². The van der Waals surface area contributed by atoms with Crippen molar-refractivity contribution >= 4 is 29.9 Å². The summed E-state index contributed by atoms with van der Waals surface area (Å²) in [7, 11) is 1.73. The minimum absolute atomic E-state index is 0. The highest BCUT2D eigenvalue weighted by Gasteiger charge is 2.18. The summed E-state index contributed by atoms with van der Waals surface area (Å²) in [5.41, 5.74) is -0.0986. The number of aliphatic imine (C=N–C) groups is 1. The fraction of sp³-hybridized carbons (Fsp3) is 0.500. The van der Waals surface area contributed by atoms with E-state index in [1.54, 1.807) is 19.6 Å². The van der Waals surface area contributed by atoms with Gasteiger partial charge in [-0.05, 0) is 32.9 Å². The van der Waals surface area contributed by atoms with Crippen LogP contribution in [0.3, 0.4) is 0 Å². The smallest absolute Gasteiger partial charge is 0.191 e. The van der Waals surface area contributed by atoms with E-state index in [0.29, 0.717) is 19.0 Å². The number of rotatable bonds is 4. The van der Waals surface area contributed by atoms with Crippen molar-refractivity contribution in [3.63, 3.8) is 0 Å². The molecule has 0 bridgehead atoms. The normalized spacial score (nSPS) is 11.9. The lowest BCUT2D eigenvalue weighted by molar-refractivity contribution is 0.340. The van der Waals surface area contributed by atoms with E-state index in [9.17, 15) is 0 Å². The molecule has 0 aliphatic rings. The number of nitrogens with zero attached hydrogens (tertiary/aromatic N) is 4. The van der Waals surface area contributed by atoms with E-state index in [1.807, 2.05) is 16.8 Å². The molecule has 8 heteroatoms. The first-order valence-corrected chi connectivity index (χ1v) is 6.87. The first-order chi connectivity index (χ1) is 10.0. The zero-order valence-corrected chi connectivity index (χ0v) is 15.7. The van der Waals surface area contributed by atoms with Crippen molar-refractivity contribution in [2.45, 2.75) is 39.4 Å². The molecule has 7 nitrogen and oxygen atoms in total. The van der Waals surface area contributed by atoms with Crippen LogP contribution in [0.2, 0.25) is 0 Å². The SMILES string of the molecule is CN=C(NCc1ccco1)NCc1ncnn1C(C)(C)C.I. The molecule has 0 atom stereocenters. The second-order valence-electron chi connectivity index (χ2n) is 5.62. The summed E-state index contributed by atoms with van der Waals surface area (Å²) in [6.07, 6.45) is 3.22. The van der Waals surface area contributed by atoms with E-state index in [1.165, 1.54) is 0 Å². The van der Waals surface area contributed by atoms with Crippen molar-refractivity contribution in [1.82, 2.24) is 25.4 Å². The largest absolute Gasteiger partial charge is 0.467 e.